The lowest BCUT2D eigenvalue weighted by Crippen LogP contribution is -2.21. The molecule has 0 aliphatic rings. The summed E-state index contributed by atoms with van der Waals surface area (Å²) >= 11 is 2.33. The van der Waals surface area contributed by atoms with Gasteiger partial charge in [-0.05, 0) is 12.1 Å². The number of thioether (sulfide) groups is 1. The summed E-state index contributed by atoms with van der Waals surface area (Å²) in [6.07, 6.45) is -0.793. The highest BCUT2D eigenvalue weighted by Gasteiger charge is 2.27. The van der Waals surface area contributed by atoms with Gasteiger partial charge in [0, 0.05) is 18.1 Å². The van der Waals surface area contributed by atoms with Gasteiger partial charge in [0.05, 0.1) is 12.8 Å². The Morgan fingerprint density at radius 2 is 2.23 bits per heavy atom. The fourth-order valence-electron chi connectivity index (χ4n) is 2.05. The highest BCUT2D eigenvalue weighted by molar-refractivity contribution is 8.00. The molecule has 3 rings (SSSR count). The number of carbonyl (C=O) groups excluding carboxylic acids is 1. The van der Waals surface area contributed by atoms with Crippen LogP contribution in [0.15, 0.2) is 28.9 Å². The lowest BCUT2D eigenvalue weighted by molar-refractivity contribution is -0.115. The first-order chi connectivity index (χ1) is 12.4. The summed E-state index contributed by atoms with van der Waals surface area (Å²) in [6, 6.07) is 3.33. The van der Waals surface area contributed by atoms with Crippen molar-refractivity contribution in [1.82, 2.24) is 19.6 Å². The van der Waals surface area contributed by atoms with Crippen molar-refractivity contribution in [3.63, 3.8) is 0 Å². The molecule has 0 saturated heterocycles. The maximum absolute atomic E-state index is 12.2. The lowest BCUT2D eigenvalue weighted by atomic mass is 10.3. The van der Waals surface area contributed by atoms with Gasteiger partial charge in [-0.2, -0.15) is 13.2 Å². The Morgan fingerprint density at radius 1 is 1.42 bits per heavy atom. The largest absolute Gasteiger partial charge is 0.465 e. The number of nitrogens with zero attached hydrogens (tertiary/aromatic N) is 4. The van der Waals surface area contributed by atoms with Crippen LogP contribution in [0.1, 0.15) is 16.1 Å². The van der Waals surface area contributed by atoms with Crippen molar-refractivity contribution in [3.8, 4) is 0 Å². The molecule has 0 saturated carbocycles. The normalized spacial score (nSPS) is 11.7. The van der Waals surface area contributed by atoms with Gasteiger partial charge in [-0.3, -0.25) is 0 Å². The Kier molecular flexibility index (Phi) is 5.32. The van der Waals surface area contributed by atoms with Crippen LogP contribution >= 0.6 is 23.1 Å². The van der Waals surface area contributed by atoms with Crippen LogP contribution in [-0.4, -0.2) is 45.4 Å². The van der Waals surface area contributed by atoms with Crippen LogP contribution < -0.4 is 5.32 Å². The number of aromatic nitrogens is 4. The van der Waals surface area contributed by atoms with Crippen molar-refractivity contribution >= 4 is 39.8 Å². The molecule has 3 aromatic rings. The van der Waals surface area contributed by atoms with Gasteiger partial charge in [-0.25, -0.2) is 9.78 Å². The van der Waals surface area contributed by atoms with E-state index in [4.69, 9.17) is 4.74 Å². The molecule has 0 fully saturated rings. The number of hydrogen-bond acceptors (Lipinski definition) is 8. The number of alkyl halides is 3. The molecule has 1 N–H and O–H groups in total. The van der Waals surface area contributed by atoms with Gasteiger partial charge in [0.2, 0.25) is 5.13 Å². The fraction of sp³-hybridized carbons (Fsp3) is 0.286. The number of halogens is 3. The van der Waals surface area contributed by atoms with Gasteiger partial charge in [0.15, 0.2) is 9.99 Å². The Hall–Kier alpha value is -2.34. The zero-order valence-electron chi connectivity index (χ0n) is 13.3. The zero-order chi connectivity index (χ0) is 18.7. The van der Waals surface area contributed by atoms with E-state index in [2.05, 4.69) is 20.5 Å². The summed E-state index contributed by atoms with van der Waals surface area (Å²) < 4.78 is 43.5. The number of rotatable bonds is 6. The van der Waals surface area contributed by atoms with Crippen molar-refractivity contribution in [2.24, 2.45) is 0 Å². The van der Waals surface area contributed by atoms with Gasteiger partial charge in [-0.15, -0.1) is 10.2 Å². The lowest BCUT2D eigenvalue weighted by Gasteiger charge is -2.05. The summed E-state index contributed by atoms with van der Waals surface area (Å²) in [5, 5.41) is 9.80. The van der Waals surface area contributed by atoms with Crippen LogP contribution in [0.5, 0.6) is 0 Å². The molecular formula is C14H12F3N5O2S2. The van der Waals surface area contributed by atoms with Crippen LogP contribution in [0, 0.1) is 0 Å². The van der Waals surface area contributed by atoms with E-state index in [1.165, 1.54) is 18.9 Å². The van der Waals surface area contributed by atoms with Crippen LogP contribution in [0.2, 0.25) is 0 Å². The molecule has 3 aromatic heterocycles. The van der Waals surface area contributed by atoms with Crippen molar-refractivity contribution in [1.29, 1.82) is 0 Å². The Labute approximate surface area is 153 Å². The molecule has 0 spiro atoms. The molecule has 0 radical (unpaired) electrons. The Morgan fingerprint density at radius 3 is 2.96 bits per heavy atom. The first-order valence-corrected chi connectivity index (χ1v) is 8.98. The quantitative estimate of drug-likeness (QED) is 0.500. The number of methoxy groups -OCH3 is 1. The van der Waals surface area contributed by atoms with Crippen LogP contribution in [-0.2, 0) is 10.5 Å². The van der Waals surface area contributed by atoms with E-state index in [1.54, 1.807) is 28.9 Å². The SMILES string of the molecule is COC(=O)c1cccn2cc(CSc3nnc(NCC(F)(F)F)s3)nc12. The number of esters is 1. The Bertz CT molecular complexity index is 925. The number of ether oxygens (including phenoxy) is 1. The molecule has 3 heterocycles. The van der Waals surface area contributed by atoms with E-state index < -0.39 is 18.7 Å². The number of fused-ring (bicyclic) bond motifs is 1. The minimum absolute atomic E-state index is 0.104. The molecule has 12 heteroatoms. The van der Waals surface area contributed by atoms with E-state index in [0.717, 1.165) is 11.3 Å². The van der Waals surface area contributed by atoms with E-state index >= 15 is 0 Å². The molecule has 0 atom stereocenters. The number of nitrogens with one attached hydrogen (secondary N) is 1. The molecule has 7 nitrogen and oxygen atoms in total. The summed E-state index contributed by atoms with van der Waals surface area (Å²) in [7, 11) is 1.30. The van der Waals surface area contributed by atoms with Crippen LogP contribution in [0.4, 0.5) is 18.3 Å². The molecule has 0 unspecified atom stereocenters. The second kappa shape index (κ2) is 7.50. The van der Waals surface area contributed by atoms with Gasteiger partial charge in [-0.1, -0.05) is 23.1 Å². The maximum Gasteiger partial charge on any atom is 0.405 e. The number of hydrogen-bond donors (Lipinski definition) is 1. The third kappa shape index (κ3) is 4.43. The van der Waals surface area contributed by atoms with Crippen molar-refractivity contribution in [2.45, 2.75) is 16.3 Å². The highest BCUT2D eigenvalue weighted by Crippen LogP contribution is 2.29. The van der Waals surface area contributed by atoms with Gasteiger partial charge in [0.1, 0.15) is 12.1 Å². The first-order valence-electron chi connectivity index (χ1n) is 7.17. The molecule has 0 aliphatic heterocycles. The number of pyridine rings is 1. The van der Waals surface area contributed by atoms with E-state index in [0.29, 0.717) is 27.0 Å². The van der Waals surface area contributed by atoms with Crippen molar-refractivity contribution < 1.29 is 22.7 Å². The molecule has 0 amide bonds. The van der Waals surface area contributed by atoms with E-state index in [1.807, 2.05) is 0 Å². The van der Waals surface area contributed by atoms with Gasteiger partial charge >= 0.3 is 12.1 Å². The van der Waals surface area contributed by atoms with E-state index in [9.17, 15) is 18.0 Å². The first kappa shape index (κ1) is 18.5. The van der Waals surface area contributed by atoms with E-state index in [-0.39, 0.29) is 5.13 Å². The second-order valence-electron chi connectivity index (χ2n) is 5.01. The maximum atomic E-state index is 12.2. The summed E-state index contributed by atoms with van der Waals surface area (Å²) in [6.45, 7) is -1.16. The van der Waals surface area contributed by atoms with Crippen molar-refractivity contribution in [2.75, 3.05) is 19.0 Å². The predicted molar refractivity (Wildman–Crippen MR) is 90.5 cm³/mol. The average Bonchev–Trinajstić information content (AvgIpc) is 3.22. The third-order valence-electron chi connectivity index (χ3n) is 3.13. The average molecular weight is 403 g/mol. The van der Waals surface area contributed by atoms with Crippen molar-refractivity contribution in [3.05, 3.63) is 35.8 Å². The van der Waals surface area contributed by atoms with Crippen LogP contribution in [0.25, 0.3) is 5.65 Å². The molecule has 0 aromatic carbocycles. The minimum Gasteiger partial charge on any atom is -0.465 e. The topological polar surface area (TPSA) is 81.4 Å². The number of anilines is 1. The number of carbonyl (C=O) groups is 1. The standard InChI is InChI=1S/C14H12F3N5O2S2/c1-24-11(23)9-3-2-4-22-5-8(19-10(9)22)6-25-13-21-20-12(26-13)18-7-14(15,16)17/h2-5H,6-7H2,1H3,(H,18,20). The number of imidazole rings is 1. The summed E-state index contributed by atoms with van der Waals surface area (Å²) in [5.74, 6) is -0.0548. The Balaban J connectivity index is 1.67. The molecular weight excluding hydrogens is 391 g/mol. The molecule has 0 aliphatic carbocycles. The minimum atomic E-state index is -4.31. The second-order valence-corrected chi connectivity index (χ2v) is 7.21. The smallest absolute Gasteiger partial charge is 0.405 e. The highest BCUT2D eigenvalue weighted by atomic mass is 32.2. The summed E-state index contributed by atoms with van der Waals surface area (Å²) in [5.41, 5.74) is 1.51. The zero-order valence-corrected chi connectivity index (χ0v) is 14.9. The van der Waals surface area contributed by atoms with Crippen LogP contribution in [0.3, 0.4) is 0 Å². The third-order valence-corrected chi connectivity index (χ3v) is 5.18. The molecule has 26 heavy (non-hydrogen) atoms. The predicted octanol–water partition coefficient (Wildman–Crippen LogP) is 3.24. The van der Waals surface area contributed by atoms with Gasteiger partial charge < -0.3 is 14.5 Å². The summed E-state index contributed by atoms with van der Waals surface area (Å²) in [4.78, 5) is 16.2. The van der Waals surface area contributed by atoms with Gasteiger partial charge in [0.25, 0.3) is 0 Å². The fourth-order valence-corrected chi connectivity index (χ4v) is 3.68. The monoisotopic (exact) mass is 403 g/mol. The molecule has 0 bridgehead atoms. The molecule has 138 valence electrons.